The van der Waals surface area contributed by atoms with Crippen LogP contribution >= 0.6 is 27.3 Å². The van der Waals surface area contributed by atoms with E-state index in [-0.39, 0.29) is 17.8 Å². The summed E-state index contributed by atoms with van der Waals surface area (Å²) in [6.45, 7) is 2.20. The molecule has 7 heteroatoms. The average molecular weight is 373 g/mol. The number of aryl methyl sites for hydroxylation is 1. The first kappa shape index (κ1) is 14.6. The molecule has 0 radical (unpaired) electrons. The number of anilines is 1. The normalized spacial score (nSPS) is 17.5. The topological polar surface area (TPSA) is 46.3 Å². The zero-order valence-corrected chi connectivity index (χ0v) is 13.4. The molecule has 1 amide bonds. The van der Waals surface area contributed by atoms with Gasteiger partial charge in [0, 0.05) is 25.9 Å². The molecular formula is C14H11BrF2N2OS. The fourth-order valence-electron chi connectivity index (χ4n) is 2.43. The Labute approximate surface area is 132 Å². The quantitative estimate of drug-likeness (QED) is 0.874. The highest BCUT2D eigenvalue weighted by atomic mass is 79.9. The van der Waals surface area contributed by atoms with Gasteiger partial charge in [-0.25, -0.2) is 8.78 Å². The summed E-state index contributed by atoms with van der Waals surface area (Å²) in [5, 5.41) is 0. The predicted octanol–water partition coefficient (Wildman–Crippen LogP) is 3.64. The highest BCUT2D eigenvalue weighted by Crippen LogP contribution is 2.39. The van der Waals surface area contributed by atoms with Crippen molar-refractivity contribution in [3.63, 3.8) is 0 Å². The number of benzene rings is 1. The third-order valence-corrected chi connectivity index (χ3v) is 5.55. The minimum absolute atomic E-state index is 0.0637. The van der Waals surface area contributed by atoms with Crippen molar-refractivity contribution in [3.8, 4) is 0 Å². The lowest BCUT2D eigenvalue weighted by Crippen LogP contribution is -2.31. The molecule has 3 nitrogen and oxygen atoms in total. The fourth-order valence-corrected chi connectivity index (χ4v) is 4.02. The van der Waals surface area contributed by atoms with Crippen LogP contribution in [0.4, 0.5) is 14.5 Å². The highest BCUT2D eigenvalue weighted by Gasteiger charge is 2.38. The zero-order chi connectivity index (χ0) is 15.3. The van der Waals surface area contributed by atoms with Crippen molar-refractivity contribution < 1.29 is 13.6 Å². The minimum Gasteiger partial charge on any atom is -0.316 e. The van der Waals surface area contributed by atoms with Crippen LogP contribution < -0.4 is 10.6 Å². The maximum Gasteiger partial charge on any atom is 0.249 e. The third kappa shape index (κ3) is 2.39. The van der Waals surface area contributed by atoms with Crippen LogP contribution in [0, 0.1) is 18.6 Å². The molecule has 1 aliphatic heterocycles. The summed E-state index contributed by atoms with van der Waals surface area (Å²) in [6.07, 6.45) is 0. The van der Waals surface area contributed by atoms with Gasteiger partial charge in [0.15, 0.2) is 0 Å². The summed E-state index contributed by atoms with van der Waals surface area (Å²) in [7, 11) is 0. The van der Waals surface area contributed by atoms with Crippen LogP contribution in [0.5, 0.6) is 0 Å². The van der Waals surface area contributed by atoms with Gasteiger partial charge < -0.3 is 10.6 Å². The molecule has 1 unspecified atom stereocenters. The maximum atomic E-state index is 13.9. The molecule has 1 aliphatic rings. The largest absolute Gasteiger partial charge is 0.316 e. The van der Waals surface area contributed by atoms with Crippen LogP contribution in [-0.4, -0.2) is 5.91 Å². The molecule has 1 aromatic heterocycles. The first-order valence-corrected chi connectivity index (χ1v) is 7.80. The summed E-state index contributed by atoms with van der Waals surface area (Å²) in [6, 6.07) is 2.72. The van der Waals surface area contributed by atoms with Gasteiger partial charge in [-0.05, 0) is 35.0 Å². The van der Waals surface area contributed by atoms with Crippen LogP contribution in [0.2, 0.25) is 0 Å². The number of carbonyl (C=O) groups is 1. The van der Waals surface area contributed by atoms with Crippen LogP contribution in [0.25, 0.3) is 0 Å². The monoisotopic (exact) mass is 372 g/mol. The molecule has 1 atom stereocenters. The molecule has 0 aliphatic carbocycles. The van der Waals surface area contributed by atoms with E-state index in [2.05, 4.69) is 15.9 Å². The number of halogens is 3. The Kier molecular flexibility index (Phi) is 3.59. The molecule has 1 aromatic carbocycles. The van der Waals surface area contributed by atoms with Crippen molar-refractivity contribution in [3.05, 3.63) is 49.6 Å². The van der Waals surface area contributed by atoms with Gasteiger partial charge in [-0.1, -0.05) is 0 Å². The Hall–Kier alpha value is -1.31. The smallest absolute Gasteiger partial charge is 0.249 e. The molecule has 0 fully saturated rings. The Balaban J connectivity index is 2.03. The molecule has 0 saturated carbocycles. The highest BCUT2D eigenvalue weighted by molar-refractivity contribution is 9.10. The van der Waals surface area contributed by atoms with Crippen LogP contribution in [0.3, 0.4) is 0 Å². The first-order chi connectivity index (χ1) is 9.88. The SMILES string of the molecule is Cc1sc(CN2C(=O)C(N)c3c(F)cc(F)cc32)cc1Br. The van der Waals surface area contributed by atoms with Crippen LogP contribution in [0.1, 0.15) is 21.4 Å². The molecule has 110 valence electrons. The lowest BCUT2D eigenvalue weighted by molar-refractivity contribution is -0.119. The molecule has 0 spiro atoms. The Morgan fingerprint density at radius 2 is 2.10 bits per heavy atom. The molecule has 3 rings (SSSR count). The summed E-state index contributed by atoms with van der Waals surface area (Å²) < 4.78 is 28.2. The number of nitrogens with zero attached hydrogens (tertiary/aromatic N) is 1. The van der Waals surface area contributed by atoms with E-state index >= 15 is 0 Å². The molecule has 0 bridgehead atoms. The standard InChI is InChI=1S/C14H11BrF2N2OS/c1-6-9(15)4-8(21-6)5-19-11-3-7(16)2-10(17)12(11)13(18)14(19)20/h2-4,13H,5,18H2,1H3. The van der Waals surface area contributed by atoms with Crippen molar-refractivity contribution >= 4 is 38.9 Å². The van der Waals surface area contributed by atoms with Gasteiger partial charge in [-0.2, -0.15) is 0 Å². The second-order valence-corrected chi connectivity index (χ2v) is 7.03. The van der Waals surface area contributed by atoms with E-state index in [0.29, 0.717) is 0 Å². The van der Waals surface area contributed by atoms with Gasteiger partial charge in [0.25, 0.3) is 0 Å². The number of amides is 1. The molecule has 2 N–H and O–H groups in total. The third-order valence-electron chi connectivity index (χ3n) is 3.43. The first-order valence-electron chi connectivity index (χ1n) is 6.19. The predicted molar refractivity (Wildman–Crippen MR) is 81.2 cm³/mol. The Morgan fingerprint density at radius 3 is 2.71 bits per heavy atom. The van der Waals surface area contributed by atoms with Gasteiger partial charge in [0.1, 0.15) is 17.7 Å². The Morgan fingerprint density at radius 1 is 1.38 bits per heavy atom. The van der Waals surface area contributed by atoms with E-state index < -0.39 is 23.6 Å². The average Bonchev–Trinajstić information content (AvgIpc) is 2.83. The van der Waals surface area contributed by atoms with Crippen molar-refractivity contribution in [2.75, 3.05) is 4.90 Å². The molecule has 2 heterocycles. The second-order valence-electron chi connectivity index (χ2n) is 4.84. The van der Waals surface area contributed by atoms with Crippen molar-refractivity contribution in [1.82, 2.24) is 0 Å². The summed E-state index contributed by atoms with van der Waals surface area (Å²) >= 11 is 4.93. The number of fused-ring (bicyclic) bond motifs is 1. The molecule has 0 saturated heterocycles. The van der Waals surface area contributed by atoms with Crippen molar-refractivity contribution in [2.45, 2.75) is 19.5 Å². The van der Waals surface area contributed by atoms with E-state index in [1.807, 2.05) is 13.0 Å². The number of nitrogens with two attached hydrogens (primary N) is 1. The zero-order valence-electron chi connectivity index (χ0n) is 11.0. The second kappa shape index (κ2) is 5.15. The molecular weight excluding hydrogens is 362 g/mol. The lowest BCUT2D eigenvalue weighted by atomic mass is 10.1. The fraction of sp³-hybridized carbons (Fsp3) is 0.214. The van der Waals surface area contributed by atoms with Crippen molar-refractivity contribution in [1.29, 1.82) is 0 Å². The lowest BCUT2D eigenvalue weighted by Gasteiger charge is -2.16. The molecule has 2 aromatic rings. The summed E-state index contributed by atoms with van der Waals surface area (Å²) in [4.78, 5) is 15.6. The van der Waals surface area contributed by atoms with Crippen molar-refractivity contribution in [2.24, 2.45) is 5.73 Å². The van der Waals surface area contributed by atoms with Crippen LogP contribution in [0.15, 0.2) is 22.7 Å². The number of hydrogen-bond acceptors (Lipinski definition) is 3. The van der Waals surface area contributed by atoms with E-state index in [1.54, 1.807) is 0 Å². The van der Waals surface area contributed by atoms with E-state index in [9.17, 15) is 13.6 Å². The maximum absolute atomic E-state index is 13.9. The summed E-state index contributed by atoms with van der Waals surface area (Å²) in [5.74, 6) is -1.92. The summed E-state index contributed by atoms with van der Waals surface area (Å²) in [5.41, 5.74) is 6.04. The van der Waals surface area contributed by atoms with Gasteiger partial charge in [-0.3, -0.25) is 4.79 Å². The van der Waals surface area contributed by atoms with E-state index in [0.717, 1.165) is 26.4 Å². The van der Waals surface area contributed by atoms with Gasteiger partial charge >= 0.3 is 0 Å². The van der Waals surface area contributed by atoms with Gasteiger partial charge in [0.2, 0.25) is 5.91 Å². The number of hydrogen-bond donors (Lipinski definition) is 1. The number of rotatable bonds is 2. The molecule has 21 heavy (non-hydrogen) atoms. The van der Waals surface area contributed by atoms with Gasteiger partial charge in [0.05, 0.1) is 12.2 Å². The van der Waals surface area contributed by atoms with E-state index in [4.69, 9.17) is 5.73 Å². The minimum atomic E-state index is -1.08. The Bertz CT molecular complexity index is 727. The van der Waals surface area contributed by atoms with Gasteiger partial charge in [-0.15, -0.1) is 11.3 Å². The van der Waals surface area contributed by atoms with E-state index in [1.165, 1.54) is 16.2 Å². The van der Waals surface area contributed by atoms with Crippen LogP contribution in [-0.2, 0) is 11.3 Å². The number of carbonyl (C=O) groups excluding carboxylic acids is 1. The number of thiophene rings is 1.